The first-order valence-corrected chi connectivity index (χ1v) is 2.70. The summed E-state index contributed by atoms with van der Waals surface area (Å²) in [7, 11) is 0. The average molecular weight is 134 g/mol. The number of carbonyl (C=O) groups is 1. The first-order chi connectivity index (χ1) is 4.18. The first-order valence-electron chi connectivity index (χ1n) is 2.70. The summed E-state index contributed by atoms with van der Waals surface area (Å²) in [6.07, 6.45) is -0.878. The molecule has 0 bridgehead atoms. The third-order valence-electron chi connectivity index (χ3n) is 0.921. The molecule has 4 heteroatoms. The van der Waals surface area contributed by atoms with Gasteiger partial charge in [-0.15, -0.1) is 0 Å². The van der Waals surface area contributed by atoms with Crippen molar-refractivity contribution in [3.8, 4) is 0 Å². The van der Waals surface area contributed by atoms with Gasteiger partial charge in [-0.2, -0.15) is 0 Å². The molecule has 0 saturated heterocycles. The Bertz CT molecular complexity index is 91.0. The van der Waals surface area contributed by atoms with E-state index >= 15 is 0 Å². The van der Waals surface area contributed by atoms with Gasteiger partial charge in [0.25, 0.3) is 0 Å². The molecular weight excluding hydrogens is 124 g/mol. The van der Waals surface area contributed by atoms with Gasteiger partial charge in [-0.25, -0.2) is 4.79 Å². The van der Waals surface area contributed by atoms with E-state index in [1.807, 2.05) is 0 Å². The lowest BCUT2D eigenvalue weighted by molar-refractivity contribution is -0.147. The second kappa shape index (κ2) is 4.29. The zero-order valence-corrected chi connectivity index (χ0v) is 4.95. The van der Waals surface area contributed by atoms with Gasteiger partial charge in [-0.3, -0.25) is 0 Å². The van der Waals surface area contributed by atoms with Gasteiger partial charge in [0.2, 0.25) is 0 Å². The maximum Gasteiger partial charge on any atom is 0.332 e. The molecule has 0 fully saturated rings. The maximum absolute atomic E-state index is 9.87. The number of aliphatic carboxylic acids is 1. The molecule has 1 atom stereocenters. The van der Waals surface area contributed by atoms with Crippen LogP contribution in [0.1, 0.15) is 12.8 Å². The average Bonchev–Trinajstić information content (AvgIpc) is 1.82. The fourth-order valence-electron chi connectivity index (χ4n) is 0.408. The summed E-state index contributed by atoms with van der Waals surface area (Å²) >= 11 is 0. The monoisotopic (exact) mass is 134 g/mol. The van der Waals surface area contributed by atoms with Crippen molar-refractivity contribution in [3.05, 3.63) is 0 Å². The van der Waals surface area contributed by atoms with Crippen molar-refractivity contribution in [2.75, 3.05) is 6.61 Å². The Labute approximate surface area is 52.7 Å². The lowest BCUT2D eigenvalue weighted by Gasteiger charge is -2.00. The molecule has 0 spiro atoms. The Morgan fingerprint density at radius 1 is 1.56 bits per heavy atom. The van der Waals surface area contributed by atoms with E-state index in [1.54, 1.807) is 0 Å². The van der Waals surface area contributed by atoms with Gasteiger partial charge in [-0.1, -0.05) is 0 Å². The van der Waals surface area contributed by atoms with Crippen LogP contribution in [0.2, 0.25) is 0 Å². The van der Waals surface area contributed by atoms with Gasteiger partial charge >= 0.3 is 5.97 Å². The highest BCUT2D eigenvalue weighted by Crippen LogP contribution is 1.94. The molecule has 0 aromatic rings. The number of carboxylic acid groups (broad SMARTS) is 1. The number of hydrogen-bond acceptors (Lipinski definition) is 3. The van der Waals surface area contributed by atoms with E-state index in [0.29, 0.717) is 6.42 Å². The third-order valence-corrected chi connectivity index (χ3v) is 0.921. The van der Waals surface area contributed by atoms with Gasteiger partial charge in [0.05, 0.1) is 0 Å². The Morgan fingerprint density at radius 2 is 2.11 bits per heavy atom. The Balaban J connectivity index is 3.27. The molecule has 0 aliphatic rings. The summed E-state index contributed by atoms with van der Waals surface area (Å²) in [6, 6.07) is 0. The van der Waals surface area contributed by atoms with Crippen molar-refractivity contribution < 1.29 is 20.1 Å². The van der Waals surface area contributed by atoms with Crippen molar-refractivity contribution in [3.63, 3.8) is 0 Å². The smallest absolute Gasteiger partial charge is 0.332 e. The van der Waals surface area contributed by atoms with E-state index in [0.717, 1.165) is 0 Å². The second-order valence-electron chi connectivity index (χ2n) is 1.72. The Kier molecular flexibility index (Phi) is 4.00. The highest BCUT2D eigenvalue weighted by molar-refractivity contribution is 5.71. The molecule has 0 heterocycles. The summed E-state index contributed by atoms with van der Waals surface area (Å²) in [4.78, 5) is 9.87. The van der Waals surface area contributed by atoms with Crippen LogP contribution in [0.3, 0.4) is 0 Å². The standard InChI is InChI=1S/C5H10O4/c6-3-1-2-4(7)5(8)9/h4,6-7H,1-3H2,(H,8,9)/t4-/m0/s1. The van der Waals surface area contributed by atoms with Crippen LogP contribution >= 0.6 is 0 Å². The van der Waals surface area contributed by atoms with E-state index in [4.69, 9.17) is 15.3 Å². The Hall–Kier alpha value is -0.610. The summed E-state index contributed by atoms with van der Waals surface area (Å²) in [5, 5.41) is 24.8. The lowest BCUT2D eigenvalue weighted by atomic mass is 10.2. The van der Waals surface area contributed by atoms with Crippen LogP contribution in [0.15, 0.2) is 0 Å². The van der Waals surface area contributed by atoms with Crippen LogP contribution in [0.4, 0.5) is 0 Å². The predicted molar refractivity (Wildman–Crippen MR) is 30.0 cm³/mol. The topological polar surface area (TPSA) is 77.8 Å². The number of aliphatic hydroxyl groups is 2. The van der Waals surface area contributed by atoms with E-state index in [2.05, 4.69) is 0 Å². The molecule has 0 saturated carbocycles. The summed E-state index contributed by atoms with van der Waals surface area (Å²) in [5.74, 6) is -1.23. The van der Waals surface area contributed by atoms with Crippen molar-refractivity contribution in [1.29, 1.82) is 0 Å². The maximum atomic E-state index is 9.87. The molecular formula is C5H10O4. The zero-order valence-electron chi connectivity index (χ0n) is 4.95. The van der Waals surface area contributed by atoms with Gasteiger partial charge in [-0.05, 0) is 12.8 Å². The fourth-order valence-corrected chi connectivity index (χ4v) is 0.408. The van der Waals surface area contributed by atoms with Gasteiger partial charge < -0.3 is 15.3 Å². The molecule has 3 N–H and O–H groups in total. The van der Waals surface area contributed by atoms with Crippen molar-refractivity contribution in [2.45, 2.75) is 18.9 Å². The minimum atomic E-state index is -1.32. The quantitative estimate of drug-likeness (QED) is 0.470. The number of hydrogen-bond donors (Lipinski definition) is 3. The first kappa shape index (κ1) is 8.39. The highest BCUT2D eigenvalue weighted by atomic mass is 16.4. The predicted octanol–water partition coefficient (Wildman–Crippen LogP) is -0.796. The molecule has 0 aromatic carbocycles. The molecule has 54 valence electrons. The van der Waals surface area contributed by atoms with E-state index in [-0.39, 0.29) is 13.0 Å². The molecule has 0 aromatic heterocycles. The molecule has 0 aliphatic heterocycles. The van der Waals surface area contributed by atoms with E-state index < -0.39 is 12.1 Å². The third kappa shape index (κ3) is 3.93. The SMILES string of the molecule is O=C(O)[C@@H](O)CCCO. The van der Waals surface area contributed by atoms with Crippen LogP contribution in [-0.2, 0) is 4.79 Å². The van der Waals surface area contributed by atoms with Crippen molar-refractivity contribution in [2.24, 2.45) is 0 Å². The van der Waals surface area contributed by atoms with E-state index in [9.17, 15) is 4.79 Å². The van der Waals surface area contributed by atoms with Gasteiger partial charge in [0.1, 0.15) is 0 Å². The fraction of sp³-hybridized carbons (Fsp3) is 0.800. The van der Waals surface area contributed by atoms with Crippen molar-refractivity contribution >= 4 is 5.97 Å². The van der Waals surface area contributed by atoms with Crippen LogP contribution in [0, 0.1) is 0 Å². The lowest BCUT2D eigenvalue weighted by Crippen LogP contribution is -2.19. The summed E-state index contributed by atoms with van der Waals surface area (Å²) in [6.45, 7) is -0.0790. The van der Waals surface area contributed by atoms with Crippen LogP contribution in [-0.4, -0.2) is 34.0 Å². The molecule has 4 nitrogen and oxygen atoms in total. The van der Waals surface area contributed by atoms with Crippen LogP contribution in [0.5, 0.6) is 0 Å². The molecule has 0 unspecified atom stereocenters. The molecule has 9 heavy (non-hydrogen) atoms. The minimum absolute atomic E-state index is 0.0790. The van der Waals surface area contributed by atoms with Crippen LogP contribution in [0.25, 0.3) is 0 Å². The minimum Gasteiger partial charge on any atom is -0.479 e. The second-order valence-corrected chi connectivity index (χ2v) is 1.72. The largest absolute Gasteiger partial charge is 0.479 e. The number of carboxylic acids is 1. The van der Waals surface area contributed by atoms with Crippen molar-refractivity contribution in [1.82, 2.24) is 0 Å². The van der Waals surface area contributed by atoms with E-state index in [1.165, 1.54) is 0 Å². The molecule has 0 radical (unpaired) electrons. The zero-order chi connectivity index (χ0) is 7.28. The Morgan fingerprint density at radius 3 is 2.44 bits per heavy atom. The normalized spacial score (nSPS) is 13.1. The highest BCUT2D eigenvalue weighted by Gasteiger charge is 2.10. The summed E-state index contributed by atoms with van der Waals surface area (Å²) in [5.41, 5.74) is 0. The number of rotatable bonds is 4. The van der Waals surface area contributed by atoms with Crippen LogP contribution < -0.4 is 0 Å². The molecule has 0 aliphatic carbocycles. The molecule has 0 rings (SSSR count). The summed E-state index contributed by atoms with van der Waals surface area (Å²) < 4.78 is 0. The number of aliphatic hydroxyl groups excluding tert-OH is 2. The van der Waals surface area contributed by atoms with Gasteiger partial charge in [0, 0.05) is 6.61 Å². The van der Waals surface area contributed by atoms with Gasteiger partial charge in [0.15, 0.2) is 6.10 Å². The molecule has 0 amide bonds.